The number of furan rings is 2. The maximum atomic E-state index is 7.00. The van der Waals surface area contributed by atoms with E-state index in [-0.39, 0.29) is 0 Å². The molecular weight excluding hydrogens is 945 g/mol. The van der Waals surface area contributed by atoms with Crippen molar-refractivity contribution in [2.24, 2.45) is 0 Å². The van der Waals surface area contributed by atoms with E-state index in [1.54, 1.807) is 0 Å². The summed E-state index contributed by atoms with van der Waals surface area (Å²) in [7, 11) is 0. The molecular formula is C70H42N4O3. The van der Waals surface area contributed by atoms with Crippen molar-refractivity contribution in [2.45, 2.75) is 0 Å². The molecule has 17 rings (SSSR count). The summed E-state index contributed by atoms with van der Waals surface area (Å²) in [5, 5.41) is 8.88. The topological polar surface area (TPSA) is 53.5 Å². The summed E-state index contributed by atoms with van der Waals surface area (Å²) in [5.74, 6) is 1.53. The summed E-state index contributed by atoms with van der Waals surface area (Å²) in [6.45, 7) is 0. The minimum atomic E-state index is 0.761. The average molecular weight is 987 g/mol. The number of para-hydroxylation sites is 7. The van der Waals surface area contributed by atoms with Crippen LogP contribution in [0.4, 0.5) is 17.1 Å². The van der Waals surface area contributed by atoms with Gasteiger partial charge in [0.1, 0.15) is 11.2 Å². The maximum absolute atomic E-state index is 7.00. The van der Waals surface area contributed by atoms with Crippen molar-refractivity contribution in [1.29, 1.82) is 0 Å². The van der Waals surface area contributed by atoms with Gasteiger partial charge in [-0.05, 0) is 113 Å². The molecule has 0 aliphatic carbocycles. The fourth-order valence-corrected chi connectivity index (χ4v) is 12.4. The second-order valence-corrected chi connectivity index (χ2v) is 20.1. The Morgan fingerprint density at radius 1 is 0.286 bits per heavy atom. The van der Waals surface area contributed by atoms with E-state index in [1.165, 1.54) is 0 Å². The Labute approximate surface area is 440 Å². The maximum Gasteiger partial charge on any atom is 0.159 e. The standard InChI is InChI=1S/C70H42N4O3/c1-3-17-43(18-4-1)52-39-62(73-55-26-10-7-21-47(55)54-37-45-33-35-71(59(45)41-61(54)73)57-28-15-24-50-48-22-8-12-30-65(48)76-69(50)57)63(40-53(52)44-19-5-2-6-20-44)74-56-27-11-14-32-67(56)75-68-38-46-34-36-72(60(46)42-64(68)74)58-29-16-25-51-49-23-9-13-31-66(49)77-70(51)58/h1-42H. The van der Waals surface area contributed by atoms with E-state index in [2.05, 4.69) is 249 Å². The molecule has 0 amide bonds. The van der Waals surface area contributed by atoms with Gasteiger partial charge in [-0.15, -0.1) is 0 Å². The fourth-order valence-electron chi connectivity index (χ4n) is 12.4. The highest BCUT2D eigenvalue weighted by atomic mass is 16.5. The van der Waals surface area contributed by atoms with E-state index in [0.29, 0.717) is 0 Å². The minimum absolute atomic E-state index is 0.761. The second kappa shape index (κ2) is 16.0. The normalized spacial score (nSPS) is 12.5. The third-order valence-electron chi connectivity index (χ3n) is 15.9. The van der Waals surface area contributed by atoms with Crippen LogP contribution in [0.1, 0.15) is 0 Å². The zero-order chi connectivity index (χ0) is 50.3. The fraction of sp³-hybridized carbons (Fsp3) is 0. The van der Waals surface area contributed by atoms with Crippen molar-refractivity contribution in [3.8, 4) is 50.8 Å². The highest BCUT2D eigenvalue weighted by Gasteiger charge is 2.32. The Balaban J connectivity index is 0.972. The number of ether oxygens (including phenoxy) is 1. The molecule has 0 radical (unpaired) electrons. The van der Waals surface area contributed by atoms with Crippen molar-refractivity contribution in [2.75, 3.05) is 4.90 Å². The number of benzene rings is 11. The summed E-state index contributed by atoms with van der Waals surface area (Å²) in [5.41, 5.74) is 18.0. The molecule has 0 N–H and O–H groups in total. The minimum Gasteiger partial charge on any atom is -0.454 e. The quantitative estimate of drug-likeness (QED) is 0.167. The van der Waals surface area contributed by atoms with Gasteiger partial charge in [-0.2, -0.15) is 0 Å². The molecule has 6 heterocycles. The van der Waals surface area contributed by atoms with E-state index in [9.17, 15) is 0 Å². The Hall–Kier alpha value is -10.5. The molecule has 0 atom stereocenters. The number of rotatable bonds is 6. The Bertz CT molecular complexity index is 5090. The lowest BCUT2D eigenvalue weighted by molar-refractivity contribution is 0.477. The molecule has 0 saturated carbocycles. The van der Waals surface area contributed by atoms with E-state index < -0.39 is 0 Å². The number of hydrogen-bond acceptors (Lipinski definition) is 4. The molecule has 77 heavy (non-hydrogen) atoms. The van der Waals surface area contributed by atoms with Crippen LogP contribution in [0.2, 0.25) is 0 Å². The first kappa shape index (κ1) is 41.9. The number of anilines is 3. The molecule has 0 fully saturated rings. The summed E-state index contributed by atoms with van der Waals surface area (Å²) in [4.78, 5) is 2.42. The number of nitrogens with zero attached hydrogens (tertiary/aromatic N) is 4. The van der Waals surface area contributed by atoms with Crippen molar-refractivity contribution in [1.82, 2.24) is 13.7 Å². The van der Waals surface area contributed by atoms with Crippen LogP contribution >= 0.6 is 0 Å². The van der Waals surface area contributed by atoms with Gasteiger partial charge in [-0.3, -0.25) is 0 Å². The highest BCUT2D eigenvalue weighted by Crippen LogP contribution is 2.55. The Morgan fingerprint density at radius 3 is 1.47 bits per heavy atom. The van der Waals surface area contributed by atoms with Gasteiger partial charge in [0.25, 0.3) is 0 Å². The molecule has 16 aromatic rings. The third kappa shape index (κ3) is 6.13. The van der Waals surface area contributed by atoms with Gasteiger partial charge in [-0.25, -0.2) is 0 Å². The lowest BCUT2D eigenvalue weighted by Gasteiger charge is -2.35. The summed E-state index contributed by atoms with van der Waals surface area (Å²) in [6, 6.07) is 86.7. The smallest absolute Gasteiger partial charge is 0.159 e. The van der Waals surface area contributed by atoms with Crippen molar-refractivity contribution in [3.05, 3.63) is 255 Å². The molecule has 0 unspecified atom stereocenters. The molecule has 360 valence electrons. The van der Waals surface area contributed by atoms with Crippen LogP contribution in [-0.4, -0.2) is 13.7 Å². The predicted octanol–water partition coefficient (Wildman–Crippen LogP) is 19.4. The molecule has 1 aliphatic heterocycles. The monoisotopic (exact) mass is 986 g/mol. The van der Waals surface area contributed by atoms with Gasteiger partial charge in [-0.1, -0.05) is 152 Å². The second-order valence-electron chi connectivity index (χ2n) is 20.1. The molecule has 0 spiro atoms. The van der Waals surface area contributed by atoms with Gasteiger partial charge < -0.3 is 32.2 Å². The first-order valence-electron chi connectivity index (χ1n) is 26.1. The molecule has 5 aromatic heterocycles. The van der Waals surface area contributed by atoms with Crippen LogP contribution in [-0.2, 0) is 0 Å². The summed E-state index contributed by atoms with van der Waals surface area (Å²) >= 11 is 0. The van der Waals surface area contributed by atoms with Crippen molar-refractivity contribution >= 4 is 105 Å². The molecule has 7 nitrogen and oxygen atoms in total. The number of aromatic nitrogens is 3. The van der Waals surface area contributed by atoms with Gasteiger partial charge in [0.15, 0.2) is 22.7 Å². The number of fused-ring (bicyclic) bond motifs is 13. The van der Waals surface area contributed by atoms with Gasteiger partial charge >= 0.3 is 0 Å². The molecule has 0 bridgehead atoms. The van der Waals surface area contributed by atoms with Crippen LogP contribution in [0.5, 0.6) is 11.5 Å². The van der Waals surface area contributed by atoms with E-state index >= 15 is 0 Å². The summed E-state index contributed by atoms with van der Waals surface area (Å²) < 4.78 is 27.4. The van der Waals surface area contributed by atoms with E-state index in [4.69, 9.17) is 13.6 Å². The predicted molar refractivity (Wildman–Crippen MR) is 315 cm³/mol. The zero-order valence-corrected chi connectivity index (χ0v) is 41.3. The Kier molecular flexibility index (Phi) is 8.71. The third-order valence-corrected chi connectivity index (χ3v) is 15.9. The molecule has 7 heteroatoms. The largest absolute Gasteiger partial charge is 0.454 e. The van der Waals surface area contributed by atoms with E-state index in [0.717, 1.165) is 155 Å². The first-order chi connectivity index (χ1) is 38.2. The zero-order valence-electron chi connectivity index (χ0n) is 41.3. The van der Waals surface area contributed by atoms with Crippen molar-refractivity contribution < 1.29 is 13.6 Å². The lowest BCUT2D eigenvalue weighted by Crippen LogP contribution is -2.18. The van der Waals surface area contributed by atoms with Crippen LogP contribution < -0.4 is 9.64 Å². The van der Waals surface area contributed by atoms with Crippen LogP contribution in [0.3, 0.4) is 0 Å². The van der Waals surface area contributed by atoms with Crippen LogP contribution in [0.15, 0.2) is 264 Å². The van der Waals surface area contributed by atoms with Gasteiger partial charge in [0, 0.05) is 55.5 Å². The summed E-state index contributed by atoms with van der Waals surface area (Å²) in [6.07, 6.45) is 4.32. The van der Waals surface area contributed by atoms with Gasteiger partial charge in [0.05, 0.1) is 56.2 Å². The highest BCUT2D eigenvalue weighted by molar-refractivity contribution is 6.15. The lowest BCUT2D eigenvalue weighted by atomic mass is 9.92. The van der Waals surface area contributed by atoms with Crippen LogP contribution in [0.25, 0.3) is 127 Å². The van der Waals surface area contributed by atoms with Crippen LogP contribution in [0, 0.1) is 0 Å². The Morgan fingerprint density at radius 2 is 0.805 bits per heavy atom. The van der Waals surface area contributed by atoms with E-state index in [1.807, 2.05) is 24.3 Å². The first-order valence-corrected chi connectivity index (χ1v) is 26.1. The average Bonchev–Trinajstić information content (AvgIpc) is 4.37. The number of hydrogen-bond donors (Lipinski definition) is 0. The molecule has 0 saturated heterocycles. The molecule has 1 aliphatic rings. The SMILES string of the molecule is c1ccc(-c2cc(N3c4ccccc4Oc4cc5ccn(-c6cccc7c6oc6ccccc67)c5cc43)c(-n3c4ccccc4c4cc5ccn(-c6cccc7c6oc6ccccc67)c5cc43)cc2-c2ccccc2)cc1. The van der Waals surface area contributed by atoms with Gasteiger partial charge in [0.2, 0.25) is 0 Å². The molecule has 11 aromatic carbocycles. The van der Waals surface area contributed by atoms with Crippen molar-refractivity contribution in [3.63, 3.8) is 0 Å².